The number of benzene rings is 1. The predicted molar refractivity (Wildman–Crippen MR) is 66.5 cm³/mol. The molecular formula is C14H18FNO2. The number of rotatable bonds is 5. The van der Waals surface area contributed by atoms with E-state index in [1.807, 2.05) is 0 Å². The van der Waals surface area contributed by atoms with Gasteiger partial charge < -0.3 is 10.0 Å². The van der Waals surface area contributed by atoms with Gasteiger partial charge in [-0.2, -0.15) is 0 Å². The molecule has 0 heterocycles. The van der Waals surface area contributed by atoms with Crippen LogP contribution in [0, 0.1) is 11.7 Å². The number of aliphatic hydroxyl groups excluding tert-OH is 1. The van der Waals surface area contributed by atoms with Crippen LogP contribution in [0.1, 0.15) is 18.4 Å². The fourth-order valence-corrected chi connectivity index (χ4v) is 1.92. The summed E-state index contributed by atoms with van der Waals surface area (Å²) in [6, 6.07) is 5.92. The van der Waals surface area contributed by atoms with Gasteiger partial charge in [-0.3, -0.25) is 4.79 Å². The standard InChI is InChI=1S/C14H18FNO2/c1-16(9-13(17)11-4-5-11)14(18)8-10-2-6-12(15)7-3-10/h2-3,6-7,11,13,17H,4-5,8-9H2,1H3. The van der Waals surface area contributed by atoms with Crippen molar-refractivity contribution in [3.05, 3.63) is 35.6 Å². The molecule has 1 unspecified atom stereocenters. The van der Waals surface area contributed by atoms with Crippen LogP contribution >= 0.6 is 0 Å². The summed E-state index contributed by atoms with van der Waals surface area (Å²) in [6.07, 6.45) is 1.95. The number of aliphatic hydroxyl groups is 1. The lowest BCUT2D eigenvalue weighted by Gasteiger charge is -2.20. The average molecular weight is 251 g/mol. The molecule has 1 aromatic carbocycles. The van der Waals surface area contributed by atoms with E-state index in [1.165, 1.54) is 12.1 Å². The zero-order valence-corrected chi connectivity index (χ0v) is 10.5. The Hall–Kier alpha value is -1.42. The molecule has 0 bridgehead atoms. The van der Waals surface area contributed by atoms with Crippen LogP contribution in [0.4, 0.5) is 4.39 Å². The molecule has 1 amide bonds. The molecule has 0 spiro atoms. The highest BCUT2D eigenvalue weighted by Crippen LogP contribution is 2.32. The minimum Gasteiger partial charge on any atom is -0.391 e. The number of likely N-dealkylation sites (N-methyl/N-ethyl adjacent to an activating group) is 1. The number of nitrogens with zero attached hydrogens (tertiary/aromatic N) is 1. The van der Waals surface area contributed by atoms with E-state index in [1.54, 1.807) is 24.1 Å². The fourth-order valence-electron chi connectivity index (χ4n) is 1.92. The van der Waals surface area contributed by atoms with Gasteiger partial charge in [0.2, 0.25) is 5.91 Å². The minimum absolute atomic E-state index is 0.0543. The van der Waals surface area contributed by atoms with Crippen LogP contribution in [0.3, 0.4) is 0 Å². The summed E-state index contributed by atoms with van der Waals surface area (Å²) in [6.45, 7) is 0.380. The fraction of sp³-hybridized carbons (Fsp3) is 0.500. The predicted octanol–water partition coefficient (Wildman–Crippen LogP) is 1.60. The smallest absolute Gasteiger partial charge is 0.226 e. The second kappa shape index (κ2) is 5.48. The van der Waals surface area contributed by atoms with Crippen LogP contribution in [-0.2, 0) is 11.2 Å². The molecule has 1 N–H and O–H groups in total. The van der Waals surface area contributed by atoms with Gasteiger partial charge >= 0.3 is 0 Å². The highest BCUT2D eigenvalue weighted by molar-refractivity contribution is 5.78. The molecule has 0 saturated heterocycles. The summed E-state index contributed by atoms with van der Waals surface area (Å²) >= 11 is 0. The maximum atomic E-state index is 12.7. The van der Waals surface area contributed by atoms with Crippen LogP contribution in [0.5, 0.6) is 0 Å². The first-order chi connectivity index (χ1) is 8.56. The minimum atomic E-state index is -0.410. The summed E-state index contributed by atoms with van der Waals surface area (Å²) in [5.74, 6) is 0.0103. The van der Waals surface area contributed by atoms with Crippen LogP contribution in [0.15, 0.2) is 24.3 Å². The van der Waals surface area contributed by atoms with Gasteiger partial charge in [0.25, 0.3) is 0 Å². The number of halogens is 1. The van der Waals surface area contributed by atoms with Crippen molar-refractivity contribution in [1.82, 2.24) is 4.90 Å². The second-order valence-corrected chi connectivity index (χ2v) is 4.98. The van der Waals surface area contributed by atoms with E-state index in [2.05, 4.69) is 0 Å². The van der Waals surface area contributed by atoms with Crippen molar-refractivity contribution in [2.24, 2.45) is 5.92 Å². The normalized spacial score (nSPS) is 16.4. The quantitative estimate of drug-likeness (QED) is 0.863. The molecule has 1 aliphatic carbocycles. The molecule has 4 heteroatoms. The summed E-state index contributed by atoms with van der Waals surface area (Å²) in [5, 5.41) is 9.77. The molecule has 3 nitrogen and oxygen atoms in total. The summed E-state index contributed by atoms with van der Waals surface area (Å²) in [7, 11) is 1.69. The number of carbonyl (C=O) groups is 1. The average Bonchev–Trinajstić information content (AvgIpc) is 3.16. The number of carbonyl (C=O) groups excluding carboxylic acids is 1. The molecule has 1 aliphatic rings. The molecule has 98 valence electrons. The first-order valence-electron chi connectivity index (χ1n) is 6.22. The topological polar surface area (TPSA) is 40.5 Å². The summed E-state index contributed by atoms with van der Waals surface area (Å²) in [5.41, 5.74) is 0.786. The van der Waals surface area contributed by atoms with E-state index in [-0.39, 0.29) is 18.1 Å². The molecule has 1 aromatic rings. The SMILES string of the molecule is CN(CC(O)C1CC1)C(=O)Cc1ccc(F)cc1. The van der Waals surface area contributed by atoms with Crippen molar-refractivity contribution >= 4 is 5.91 Å². The zero-order valence-electron chi connectivity index (χ0n) is 10.5. The van der Waals surface area contributed by atoms with Gasteiger partial charge in [-0.15, -0.1) is 0 Å². The molecule has 18 heavy (non-hydrogen) atoms. The lowest BCUT2D eigenvalue weighted by atomic mass is 10.1. The lowest BCUT2D eigenvalue weighted by molar-refractivity contribution is -0.130. The third-order valence-corrected chi connectivity index (χ3v) is 3.32. The molecular weight excluding hydrogens is 233 g/mol. The molecule has 2 rings (SSSR count). The van der Waals surface area contributed by atoms with E-state index in [4.69, 9.17) is 0 Å². The largest absolute Gasteiger partial charge is 0.391 e. The van der Waals surface area contributed by atoms with Crippen molar-refractivity contribution in [2.75, 3.05) is 13.6 Å². The second-order valence-electron chi connectivity index (χ2n) is 4.98. The number of hydrogen-bond acceptors (Lipinski definition) is 2. The molecule has 0 aliphatic heterocycles. The lowest BCUT2D eigenvalue weighted by Crippen LogP contribution is -2.36. The van der Waals surface area contributed by atoms with E-state index in [0.29, 0.717) is 12.5 Å². The Bertz CT molecular complexity index is 414. The van der Waals surface area contributed by atoms with Crippen LogP contribution < -0.4 is 0 Å². The van der Waals surface area contributed by atoms with Crippen LogP contribution in [-0.4, -0.2) is 35.6 Å². The summed E-state index contributed by atoms with van der Waals surface area (Å²) in [4.78, 5) is 13.4. The van der Waals surface area contributed by atoms with Gasteiger partial charge in [-0.1, -0.05) is 12.1 Å². The van der Waals surface area contributed by atoms with Crippen LogP contribution in [0.25, 0.3) is 0 Å². The van der Waals surface area contributed by atoms with Gasteiger partial charge in [-0.05, 0) is 36.5 Å². The molecule has 1 fully saturated rings. The molecule has 0 radical (unpaired) electrons. The Morgan fingerprint density at radius 3 is 2.61 bits per heavy atom. The van der Waals surface area contributed by atoms with E-state index in [9.17, 15) is 14.3 Å². The highest BCUT2D eigenvalue weighted by Gasteiger charge is 2.31. The van der Waals surface area contributed by atoms with E-state index in [0.717, 1.165) is 18.4 Å². The van der Waals surface area contributed by atoms with E-state index < -0.39 is 6.10 Å². The molecule has 1 saturated carbocycles. The Balaban J connectivity index is 1.84. The van der Waals surface area contributed by atoms with Crippen molar-refractivity contribution in [2.45, 2.75) is 25.4 Å². The van der Waals surface area contributed by atoms with Crippen molar-refractivity contribution < 1.29 is 14.3 Å². The van der Waals surface area contributed by atoms with Crippen molar-refractivity contribution in [3.63, 3.8) is 0 Å². The highest BCUT2D eigenvalue weighted by atomic mass is 19.1. The van der Waals surface area contributed by atoms with Gasteiger partial charge in [0.15, 0.2) is 0 Å². The zero-order chi connectivity index (χ0) is 13.1. The van der Waals surface area contributed by atoms with Crippen molar-refractivity contribution in [3.8, 4) is 0 Å². The third kappa shape index (κ3) is 3.53. The van der Waals surface area contributed by atoms with Crippen molar-refractivity contribution in [1.29, 1.82) is 0 Å². The van der Waals surface area contributed by atoms with Crippen LogP contribution in [0.2, 0.25) is 0 Å². The van der Waals surface area contributed by atoms with Gasteiger partial charge in [0.05, 0.1) is 12.5 Å². The van der Waals surface area contributed by atoms with E-state index >= 15 is 0 Å². The third-order valence-electron chi connectivity index (χ3n) is 3.32. The molecule has 0 aromatic heterocycles. The monoisotopic (exact) mass is 251 g/mol. The first-order valence-corrected chi connectivity index (χ1v) is 6.22. The molecule has 1 atom stereocenters. The maximum absolute atomic E-state index is 12.7. The maximum Gasteiger partial charge on any atom is 0.226 e. The Morgan fingerprint density at radius 1 is 1.44 bits per heavy atom. The Labute approximate surface area is 106 Å². The van der Waals surface area contributed by atoms with Gasteiger partial charge in [0.1, 0.15) is 5.82 Å². The van der Waals surface area contributed by atoms with Gasteiger partial charge in [0, 0.05) is 13.6 Å². The first kappa shape index (κ1) is 13.0. The number of hydrogen-bond donors (Lipinski definition) is 1. The number of amides is 1. The Morgan fingerprint density at radius 2 is 2.06 bits per heavy atom. The Kier molecular flexibility index (Phi) is 3.97. The van der Waals surface area contributed by atoms with Gasteiger partial charge in [-0.25, -0.2) is 4.39 Å². The summed E-state index contributed by atoms with van der Waals surface area (Å²) < 4.78 is 12.7.